The highest BCUT2D eigenvalue weighted by molar-refractivity contribution is 5.95. The Balaban J connectivity index is 2.31. The van der Waals surface area contributed by atoms with Gasteiger partial charge in [0.15, 0.2) is 5.78 Å². The first-order valence-corrected chi connectivity index (χ1v) is 6.82. The summed E-state index contributed by atoms with van der Waals surface area (Å²) in [5.41, 5.74) is 4.40. The molecule has 0 spiro atoms. The van der Waals surface area contributed by atoms with E-state index < -0.39 is 0 Å². The van der Waals surface area contributed by atoms with Crippen molar-refractivity contribution in [1.29, 1.82) is 0 Å². The summed E-state index contributed by atoms with van der Waals surface area (Å²) >= 11 is 0. The largest absolute Gasteiger partial charge is 0.295 e. The molecule has 1 atom stereocenters. The van der Waals surface area contributed by atoms with Gasteiger partial charge in [0.25, 0.3) is 0 Å². The van der Waals surface area contributed by atoms with E-state index in [0.717, 1.165) is 18.4 Å². The molecule has 0 fully saturated rings. The van der Waals surface area contributed by atoms with Crippen LogP contribution in [0.15, 0.2) is 22.8 Å². The first kappa shape index (κ1) is 12.6. The van der Waals surface area contributed by atoms with Gasteiger partial charge in [0.2, 0.25) is 0 Å². The minimum Gasteiger partial charge on any atom is -0.295 e. The van der Waals surface area contributed by atoms with E-state index in [9.17, 15) is 4.79 Å². The van der Waals surface area contributed by atoms with Crippen molar-refractivity contribution >= 4 is 5.78 Å². The first-order valence-electron chi connectivity index (χ1n) is 6.82. The van der Waals surface area contributed by atoms with Crippen molar-refractivity contribution < 1.29 is 4.79 Å². The Morgan fingerprint density at radius 2 is 2.00 bits per heavy atom. The second-order valence-electron chi connectivity index (χ2n) is 6.38. The Hall–Kier alpha value is -0.850. The van der Waals surface area contributed by atoms with Crippen LogP contribution >= 0.6 is 0 Å². The predicted octanol–water partition coefficient (Wildman–Crippen LogP) is 4.44. The summed E-state index contributed by atoms with van der Waals surface area (Å²) in [5, 5.41) is 0. The molecule has 0 saturated carbocycles. The maximum absolute atomic E-state index is 11.9. The average Bonchev–Trinajstić information content (AvgIpc) is 2.22. The van der Waals surface area contributed by atoms with Gasteiger partial charge in [0, 0.05) is 6.42 Å². The van der Waals surface area contributed by atoms with Crippen molar-refractivity contribution in [3.8, 4) is 0 Å². The van der Waals surface area contributed by atoms with Gasteiger partial charge in [-0.15, -0.1) is 0 Å². The summed E-state index contributed by atoms with van der Waals surface area (Å²) in [4.78, 5) is 11.9. The molecule has 94 valence electrons. The van der Waals surface area contributed by atoms with E-state index in [0.29, 0.717) is 17.1 Å². The molecule has 2 aliphatic carbocycles. The van der Waals surface area contributed by atoms with Crippen LogP contribution in [0.2, 0.25) is 0 Å². The third-order valence-electron chi connectivity index (χ3n) is 4.53. The van der Waals surface area contributed by atoms with E-state index in [-0.39, 0.29) is 0 Å². The lowest BCUT2D eigenvalue weighted by molar-refractivity contribution is -0.116. The minimum absolute atomic E-state index is 0.298. The molecule has 0 aromatic rings. The van der Waals surface area contributed by atoms with Crippen LogP contribution in [0.1, 0.15) is 59.8 Å². The van der Waals surface area contributed by atoms with E-state index in [2.05, 4.69) is 26.8 Å². The zero-order valence-corrected chi connectivity index (χ0v) is 11.6. The van der Waals surface area contributed by atoms with Crippen LogP contribution in [0, 0.1) is 11.3 Å². The molecule has 0 aromatic carbocycles. The lowest BCUT2D eigenvalue weighted by Crippen LogP contribution is -2.28. The molecule has 17 heavy (non-hydrogen) atoms. The molecular formula is C16H24O. The standard InChI is InChI=1S/C16H24O/c1-11-7-8-13(10-14(11)17)15-12(2)6-5-9-16(15,3)4/h7,13H,5-6,8-10H2,1-4H3. The minimum atomic E-state index is 0.298. The molecule has 0 saturated heterocycles. The Morgan fingerprint density at radius 1 is 1.29 bits per heavy atom. The van der Waals surface area contributed by atoms with Crippen LogP contribution in [-0.4, -0.2) is 5.78 Å². The second kappa shape index (κ2) is 4.44. The normalized spacial score (nSPS) is 29.3. The van der Waals surface area contributed by atoms with Gasteiger partial charge >= 0.3 is 0 Å². The van der Waals surface area contributed by atoms with Gasteiger partial charge in [0.05, 0.1) is 0 Å². The molecule has 0 radical (unpaired) electrons. The number of hydrogen-bond donors (Lipinski definition) is 0. The van der Waals surface area contributed by atoms with Crippen LogP contribution < -0.4 is 0 Å². The van der Waals surface area contributed by atoms with Gasteiger partial charge in [-0.3, -0.25) is 4.79 Å². The lowest BCUT2D eigenvalue weighted by Gasteiger charge is -2.39. The van der Waals surface area contributed by atoms with Crippen LogP contribution in [0.5, 0.6) is 0 Å². The number of allylic oxidation sites excluding steroid dienone is 4. The molecule has 1 unspecified atom stereocenters. The second-order valence-corrected chi connectivity index (χ2v) is 6.38. The molecule has 0 amide bonds. The number of carbonyl (C=O) groups excluding carboxylic acids is 1. The highest BCUT2D eigenvalue weighted by atomic mass is 16.1. The van der Waals surface area contributed by atoms with E-state index >= 15 is 0 Å². The summed E-state index contributed by atoms with van der Waals surface area (Å²) in [6, 6.07) is 0. The zero-order valence-electron chi connectivity index (χ0n) is 11.6. The number of Topliss-reactive ketones (excluding diaryl/α,β-unsaturated/α-hetero) is 1. The summed E-state index contributed by atoms with van der Waals surface area (Å²) < 4.78 is 0. The Bertz CT molecular complexity index is 396. The SMILES string of the molecule is CC1=CCC(C2=C(C)CCCC2(C)C)CC1=O. The lowest BCUT2D eigenvalue weighted by atomic mass is 9.65. The van der Waals surface area contributed by atoms with Gasteiger partial charge in [-0.2, -0.15) is 0 Å². The molecule has 0 bridgehead atoms. The van der Waals surface area contributed by atoms with Crippen molar-refractivity contribution in [2.45, 2.75) is 59.8 Å². The maximum atomic E-state index is 11.9. The Kier molecular flexibility index (Phi) is 3.29. The smallest absolute Gasteiger partial charge is 0.158 e. The van der Waals surface area contributed by atoms with Crippen molar-refractivity contribution in [1.82, 2.24) is 0 Å². The highest BCUT2D eigenvalue weighted by Crippen LogP contribution is 2.46. The van der Waals surface area contributed by atoms with Gasteiger partial charge in [-0.25, -0.2) is 0 Å². The molecular weight excluding hydrogens is 208 g/mol. The van der Waals surface area contributed by atoms with E-state index in [1.165, 1.54) is 19.3 Å². The molecule has 1 heteroatoms. The fourth-order valence-electron chi connectivity index (χ4n) is 3.66. The Labute approximate surface area is 105 Å². The topological polar surface area (TPSA) is 17.1 Å². The third-order valence-corrected chi connectivity index (χ3v) is 4.53. The first-order chi connectivity index (χ1) is 7.92. The molecule has 2 aliphatic rings. The van der Waals surface area contributed by atoms with Crippen molar-refractivity contribution in [2.75, 3.05) is 0 Å². The van der Waals surface area contributed by atoms with Gasteiger partial charge < -0.3 is 0 Å². The number of carbonyl (C=O) groups is 1. The maximum Gasteiger partial charge on any atom is 0.158 e. The van der Waals surface area contributed by atoms with Gasteiger partial charge in [-0.05, 0) is 56.4 Å². The number of rotatable bonds is 1. The summed E-state index contributed by atoms with van der Waals surface area (Å²) in [5.74, 6) is 0.824. The van der Waals surface area contributed by atoms with Crippen LogP contribution in [0.25, 0.3) is 0 Å². The molecule has 1 nitrogen and oxygen atoms in total. The third kappa shape index (κ3) is 2.38. The quantitative estimate of drug-likeness (QED) is 0.611. The average molecular weight is 232 g/mol. The van der Waals surface area contributed by atoms with E-state index in [1.54, 1.807) is 11.1 Å². The van der Waals surface area contributed by atoms with Crippen LogP contribution in [0.4, 0.5) is 0 Å². The molecule has 2 rings (SSSR count). The summed E-state index contributed by atoms with van der Waals surface area (Å²) in [6.45, 7) is 8.92. The molecule has 0 aromatic heterocycles. The van der Waals surface area contributed by atoms with Crippen molar-refractivity contribution in [3.63, 3.8) is 0 Å². The fourth-order valence-corrected chi connectivity index (χ4v) is 3.66. The van der Waals surface area contributed by atoms with Gasteiger partial charge in [-0.1, -0.05) is 31.1 Å². The van der Waals surface area contributed by atoms with Crippen molar-refractivity contribution in [3.05, 3.63) is 22.8 Å². The molecule has 0 N–H and O–H groups in total. The van der Waals surface area contributed by atoms with Crippen molar-refractivity contribution in [2.24, 2.45) is 11.3 Å². The van der Waals surface area contributed by atoms with E-state index in [4.69, 9.17) is 0 Å². The van der Waals surface area contributed by atoms with E-state index in [1.807, 2.05) is 6.92 Å². The monoisotopic (exact) mass is 232 g/mol. The summed E-state index contributed by atoms with van der Waals surface area (Å²) in [6.07, 6.45) is 7.74. The number of ketones is 1. The predicted molar refractivity (Wildman–Crippen MR) is 71.8 cm³/mol. The Morgan fingerprint density at radius 3 is 2.59 bits per heavy atom. The van der Waals surface area contributed by atoms with Gasteiger partial charge in [0.1, 0.15) is 0 Å². The fraction of sp³-hybridized carbons (Fsp3) is 0.688. The number of hydrogen-bond acceptors (Lipinski definition) is 1. The molecule has 0 aliphatic heterocycles. The molecule has 0 heterocycles. The van der Waals surface area contributed by atoms with Crippen LogP contribution in [-0.2, 0) is 4.79 Å². The summed E-state index contributed by atoms with van der Waals surface area (Å²) in [7, 11) is 0. The zero-order chi connectivity index (χ0) is 12.6. The van der Waals surface area contributed by atoms with Crippen LogP contribution in [0.3, 0.4) is 0 Å². The highest BCUT2D eigenvalue weighted by Gasteiger charge is 2.35.